The zero-order valence-corrected chi connectivity index (χ0v) is 20.3. The summed E-state index contributed by atoms with van der Waals surface area (Å²) in [6.45, 7) is 4.91. The van der Waals surface area contributed by atoms with Crippen molar-refractivity contribution in [2.24, 2.45) is 4.99 Å². The fourth-order valence-corrected chi connectivity index (χ4v) is 5.45. The number of fused-ring (bicyclic) bond motifs is 1. The predicted octanol–water partition coefficient (Wildman–Crippen LogP) is 3.93. The second-order valence-corrected chi connectivity index (χ2v) is 11.1. The number of aryl methyl sites for hydroxylation is 1. The summed E-state index contributed by atoms with van der Waals surface area (Å²) in [5.74, 6) is 1.50. The van der Waals surface area contributed by atoms with Crippen LogP contribution in [0.25, 0.3) is 10.2 Å². The number of nitrogens with zero attached hydrogens (tertiary/aromatic N) is 2. The second-order valence-electron chi connectivity index (χ2n) is 6.82. The molecule has 0 aliphatic rings. The van der Waals surface area contributed by atoms with Crippen LogP contribution in [-0.2, 0) is 27.6 Å². The molecule has 1 heterocycles. The van der Waals surface area contributed by atoms with E-state index in [4.69, 9.17) is 4.74 Å². The molecule has 1 amide bonds. The van der Waals surface area contributed by atoms with Crippen molar-refractivity contribution in [1.82, 2.24) is 4.57 Å². The minimum Gasteiger partial charge on any atom is -0.494 e. The number of carbonyl (C=O) groups is 1. The Bertz CT molecular complexity index is 1230. The lowest BCUT2D eigenvalue weighted by Crippen LogP contribution is -2.18. The predicted molar refractivity (Wildman–Crippen MR) is 128 cm³/mol. The zero-order chi connectivity index (χ0) is 22.4. The molecule has 166 valence electrons. The fraction of sp³-hybridized carbons (Fsp3) is 0.364. The van der Waals surface area contributed by atoms with Crippen LogP contribution >= 0.6 is 23.1 Å². The van der Waals surface area contributed by atoms with Gasteiger partial charge in [-0.2, -0.15) is 16.8 Å². The van der Waals surface area contributed by atoms with Gasteiger partial charge >= 0.3 is 0 Å². The average molecular weight is 479 g/mol. The second kappa shape index (κ2) is 10.5. The van der Waals surface area contributed by atoms with Crippen molar-refractivity contribution in [3.8, 4) is 5.75 Å². The first kappa shape index (κ1) is 23.6. The summed E-state index contributed by atoms with van der Waals surface area (Å²) in [6, 6.07) is 12.4. The Labute approximate surface area is 190 Å². The molecule has 0 fully saturated rings. The molecule has 0 saturated carbocycles. The third-order valence-corrected chi connectivity index (χ3v) is 8.10. The number of amides is 1. The smallest absolute Gasteiger partial charge is 0.252 e. The Morgan fingerprint density at radius 1 is 1.16 bits per heavy atom. The van der Waals surface area contributed by atoms with E-state index in [2.05, 4.69) is 9.56 Å². The third kappa shape index (κ3) is 5.78. The van der Waals surface area contributed by atoms with Crippen LogP contribution in [0.4, 0.5) is 0 Å². The summed E-state index contributed by atoms with van der Waals surface area (Å²) >= 11 is 3.21. The number of hydrogen-bond acceptors (Lipinski definition) is 6. The van der Waals surface area contributed by atoms with Crippen molar-refractivity contribution >= 4 is 49.1 Å². The molecule has 31 heavy (non-hydrogen) atoms. The van der Waals surface area contributed by atoms with E-state index in [0.29, 0.717) is 11.4 Å². The van der Waals surface area contributed by atoms with Crippen molar-refractivity contribution in [2.75, 3.05) is 24.4 Å². The lowest BCUT2D eigenvalue weighted by molar-refractivity contribution is -0.117. The molecule has 0 spiro atoms. The van der Waals surface area contributed by atoms with E-state index < -0.39 is 9.84 Å². The van der Waals surface area contributed by atoms with Crippen molar-refractivity contribution in [1.29, 1.82) is 0 Å². The lowest BCUT2D eigenvalue weighted by atomic mass is 10.1. The summed E-state index contributed by atoms with van der Waals surface area (Å²) in [5.41, 5.74) is 1.77. The summed E-state index contributed by atoms with van der Waals surface area (Å²) in [4.78, 5) is 18.0. The number of sulfone groups is 1. The van der Waals surface area contributed by atoms with Crippen LogP contribution in [0, 0.1) is 0 Å². The molecule has 3 rings (SSSR count). The lowest BCUT2D eigenvalue weighted by Gasteiger charge is -2.05. The van der Waals surface area contributed by atoms with Crippen LogP contribution in [0.3, 0.4) is 0 Å². The molecule has 0 bridgehead atoms. The van der Waals surface area contributed by atoms with Gasteiger partial charge in [-0.3, -0.25) is 4.79 Å². The molecular weight excluding hydrogens is 452 g/mol. The van der Waals surface area contributed by atoms with Crippen molar-refractivity contribution < 1.29 is 17.9 Å². The Morgan fingerprint density at radius 3 is 2.55 bits per heavy atom. The molecule has 9 heteroatoms. The highest BCUT2D eigenvalue weighted by Gasteiger charge is 2.13. The maximum absolute atomic E-state index is 12.7. The summed E-state index contributed by atoms with van der Waals surface area (Å²) in [7, 11) is -3.25. The average Bonchev–Trinajstić information content (AvgIpc) is 3.08. The van der Waals surface area contributed by atoms with Gasteiger partial charge in [-0.1, -0.05) is 30.4 Å². The van der Waals surface area contributed by atoms with Crippen molar-refractivity contribution in [3.63, 3.8) is 0 Å². The first-order chi connectivity index (χ1) is 14.9. The van der Waals surface area contributed by atoms with Gasteiger partial charge in [0.05, 0.1) is 33.9 Å². The van der Waals surface area contributed by atoms with E-state index in [-0.39, 0.29) is 23.0 Å². The Hall–Kier alpha value is -2.10. The van der Waals surface area contributed by atoms with Gasteiger partial charge in [-0.15, -0.1) is 0 Å². The van der Waals surface area contributed by atoms with Gasteiger partial charge < -0.3 is 9.30 Å². The standard InChI is InChI=1S/C22H26N2O4S3/c1-4-28-17-8-11-19-20(15-17)30-22(24(19)12-13-29-3)23-21(25)14-16-6-9-18(10-7-16)31(26,27)5-2/h6-11,15H,4-5,12-14H2,1-3H3. The Balaban J connectivity index is 1.90. The fourth-order valence-electron chi connectivity index (χ4n) is 3.10. The summed E-state index contributed by atoms with van der Waals surface area (Å²) < 4.78 is 32.6. The minimum atomic E-state index is -3.25. The van der Waals surface area contributed by atoms with Crippen LogP contribution < -0.4 is 9.54 Å². The molecule has 0 atom stereocenters. The van der Waals surface area contributed by atoms with Gasteiger partial charge in [0.1, 0.15) is 5.75 Å². The first-order valence-electron chi connectivity index (χ1n) is 10.0. The Morgan fingerprint density at radius 2 is 1.90 bits per heavy atom. The van der Waals surface area contributed by atoms with Crippen LogP contribution in [0.1, 0.15) is 19.4 Å². The van der Waals surface area contributed by atoms with E-state index in [0.717, 1.165) is 33.8 Å². The number of thioether (sulfide) groups is 1. The Kier molecular flexibility index (Phi) is 7.96. The number of benzene rings is 2. The van der Waals surface area contributed by atoms with Gasteiger partial charge in [-0.25, -0.2) is 8.42 Å². The molecule has 0 aliphatic heterocycles. The summed E-state index contributed by atoms with van der Waals surface area (Å²) in [6.07, 6.45) is 2.17. The van der Waals surface area contributed by atoms with Gasteiger partial charge in [0.15, 0.2) is 14.6 Å². The molecule has 2 aromatic carbocycles. The van der Waals surface area contributed by atoms with Gasteiger partial charge in [0.25, 0.3) is 5.91 Å². The normalized spacial score (nSPS) is 12.4. The molecular formula is C22H26N2O4S3. The number of carbonyl (C=O) groups excluding carboxylic acids is 1. The summed E-state index contributed by atoms with van der Waals surface area (Å²) in [5, 5.41) is 0. The number of ether oxygens (including phenoxy) is 1. The van der Waals surface area contributed by atoms with E-state index in [9.17, 15) is 13.2 Å². The van der Waals surface area contributed by atoms with Crippen LogP contribution in [-0.4, -0.2) is 43.3 Å². The number of hydrogen-bond donors (Lipinski definition) is 0. The van der Waals surface area contributed by atoms with Crippen LogP contribution in [0.5, 0.6) is 5.75 Å². The van der Waals surface area contributed by atoms with E-state index in [1.165, 1.54) is 11.3 Å². The van der Waals surface area contributed by atoms with E-state index >= 15 is 0 Å². The SMILES string of the molecule is CCOc1ccc2c(c1)sc(=NC(=O)Cc1ccc(S(=O)(=O)CC)cc1)n2CCSC. The molecule has 0 aliphatic carbocycles. The van der Waals surface area contributed by atoms with Crippen LogP contribution in [0.15, 0.2) is 52.4 Å². The molecule has 0 unspecified atom stereocenters. The largest absolute Gasteiger partial charge is 0.494 e. The number of thiazole rings is 1. The highest BCUT2D eigenvalue weighted by atomic mass is 32.2. The van der Waals surface area contributed by atoms with Gasteiger partial charge in [0, 0.05) is 12.3 Å². The molecule has 0 radical (unpaired) electrons. The number of aromatic nitrogens is 1. The monoisotopic (exact) mass is 478 g/mol. The molecule has 0 N–H and O–H groups in total. The molecule has 0 saturated heterocycles. The van der Waals surface area contributed by atoms with E-state index in [1.807, 2.05) is 31.4 Å². The molecule has 1 aromatic heterocycles. The van der Waals surface area contributed by atoms with Crippen molar-refractivity contribution in [3.05, 3.63) is 52.8 Å². The van der Waals surface area contributed by atoms with Gasteiger partial charge in [0.2, 0.25) is 0 Å². The molecule has 3 aromatic rings. The van der Waals surface area contributed by atoms with E-state index in [1.54, 1.807) is 43.0 Å². The highest BCUT2D eigenvalue weighted by Crippen LogP contribution is 2.24. The topological polar surface area (TPSA) is 77.7 Å². The van der Waals surface area contributed by atoms with Crippen molar-refractivity contribution in [2.45, 2.75) is 31.7 Å². The maximum atomic E-state index is 12.7. The molecule has 6 nitrogen and oxygen atoms in total. The van der Waals surface area contributed by atoms with Crippen LogP contribution in [0.2, 0.25) is 0 Å². The third-order valence-electron chi connectivity index (χ3n) is 4.72. The number of rotatable bonds is 9. The quantitative estimate of drug-likeness (QED) is 0.466. The maximum Gasteiger partial charge on any atom is 0.252 e. The van der Waals surface area contributed by atoms with Gasteiger partial charge in [-0.05, 0) is 49.1 Å². The first-order valence-corrected chi connectivity index (χ1v) is 13.9. The zero-order valence-electron chi connectivity index (χ0n) is 17.8. The minimum absolute atomic E-state index is 0.0492. The highest BCUT2D eigenvalue weighted by molar-refractivity contribution is 7.98.